The molecular formula is C15H21NO. The Hall–Kier alpha value is -0.860. The third kappa shape index (κ3) is 2.00. The molecule has 2 saturated carbocycles. The van der Waals surface area contributed by atoms with Gasteiger partial charge in [0.05, 0.1) is 6.61 Å². The molecule has 17 heavy (non-hydrogen) atoms. The van der Waals surface area contributed by atoms with Gasteiger partial charge in [-0.3, -0.25) is 0 Å². The highest BCUT2D eigenvalue weighted by Gasteiger charge is 2.47. The van der Waals surface area contributed by atoms with Crippen LogP contribution in [0.4, 0.5) is 0 Å². The van der Waals surface area contributed by atoms with Crippen LogP contribution in [0.25, 0.3) is 0 Å². The third-order valence-corrected chi connectivity index (χ3v) is 4.59. The molecule has 0 aliphatic heterocycles. The van der Waals surface area contributed by atoms with Crippen molar-refractivity contribution in [3.05, 3.63) is 35.9 Å². The van der Waals surface area contributed by atoms with Gasteiger partial charge in [0.25, 0.3) is 0 Å². The molecule has 2 bridgehead atoms. The van der Waals surface area contributed by atoms with Crippen LogP contribution in [0, 0.1) is 11.8 Å². The average Bonchev–Trinajstić information content (AvgIpc) is 2.97. The van der Waals surface area contributed by atoms with Crippen molar-refractivity contribution < 1.29 is 5.11 Å². The predicted molar refractivity (Wildman–Crippen MR) is 68.9 cm³/mol. The Balaban J connectivity index is 1.81. The molecule has 92 valence electrons. The molecule has 1 aromatic rings. The summed E-state index contributed by atoms with van der Waals surface area (Å²) in [5.74, 6) is 2.36. The zero-order valence-corrected chi connectivity index (χ0v) is 10.2. The van der Waals surface area contributed by atoms with E-state index >= 15 is 0 Å². The first-order valence-electron chi connectivity index (χ1n) is 6.79. The molecule has 1 aromatic carbocycles. The molecule has 2 aliphatic rings. The van der Waals surface area contributed by atoms with E-state index in [2.05, 4.69) is 35.6 Å². The molecule has 4 atom stereocenters. The monoisotopic (exact) mass is 231 g/mol. The summed E-state index contributed by atoms with van der Waals surface area (Å²) < 4.78 is 0. The predicted octanol–water partition coefficient (Wildman–Crippen LogP) is 2.15. The third-order valence-electron chi connectivity index (χ3n) is 4.59. The van der Waals surface area contributed by atoms with Crippen molar-refractivity contribution >= 4 is 0 Å². The molecule has 2 heteroatoms. The lowest BCUT2D eigenvalue weighted by Gasteiger charge is -2.32. The lowest BCUT2D eigenvalue weighted by molar-refractivity contribution is 0.254. The van der Waals surface area contributed by atoms with Crippen LogP contribution in [0.2, 0.25) is 0 Å². The van der Waals surface area contributed by atoms with Crippen molar-refractivity contribution in [3.8, 4) is 0 Å². The molecule has 0 amide bonds. The number of nitrogens with one attached hydrogen (secondary N) is 1. The standard InChI is InChI=1S/C15H21NO/c17-9-8-16-15-13-7-6-12(10-13)14(15)11-4-2-1-3-5-11/h1-5,12-17H,6-10H2/t12-,13+,14+,15+/m1/s1. The highest BCUT2D eigenvalue weighted by Crippen LogP contribution is 2.52. The molecule has 2 fully saturated rings. The Labute approximate surface area is 103 Å². The zero-order valence-electron chi connectivity index (χ0n) is 10.2. The molecule has 2 nitrogen and oxygen atoms in total. The van der Waals surface area contributed by atoms with Gasteiger partial charge in [-0.25, -0.2) is 0 Å². The van der Waals surface area contributed by atoms with Crippen LogP contribution in [-0.2, 0) is 0 Å². The summed E-state index contributed by atoms with van der Waals surface area (Å²) in [6.45, 7) is 0.979. The van der Waals surface area contributed by atoms with E-state index in [0.29, 0.717) is 12.0 Å². The van der Waals surface area contributed by atoms with Crippen LogP contribution in [0.1, 0.15) is 30.7 Å². The van der Waals surface area contributed by atoms with Gasteiger partial charge in [0.15, 0.2) is 0 Å². The maximum absolute atomic E-state index is 8.99. The van der Waals surface area contributed by atoms with E-state index in [1.54, 1.807) is 0 Å². The fraction of sp³-hybridized carbons (Fsp3) is 0.600. The van der Waals surface area contributed by atoms with Gasteiger partial charge < -0.3 is 10.4 Å². The van der Waals surface area contributed by atoms with Crippen LogP contribution < -0.4 is 5.32 Å². The van der Waals surface area contributed by atoms with Crippen molar-refractivity contribution in [1.82, 2.24) is 5.32 Å². The molecule has 0 heterocycles. The van der Waals surface area contributed by atoms with Crippen molar-refractivity contribution in [2.24, 2.45) is 11.8 Å². The molecule has 3 rings (SSSR count). The van der Waals surface area contributed by atoms with Crippen LogP contribution >= 0.6 is 0 Å². The number of benzene rings is 1. The second kappa shape index (κ2) is 4.79. The van der Waals surface area contributed by atoms with E-state index in [-0.39, 0.29) is 6.61 Å². The molecular weight excluding hydrogens is 210 g/mol. The number of hydrogen-bond acceptors (Lipinski definition) is 2. The minimum atomic E-state index is 0.245. The molecule has 2 N–H and O–H groups in total. The lowest BCUT2D eigenvalue weighted by atomic mass is 9.80. The first-order chi connectivity index (χ1) is 8.40. The van der Waals surface area contributed by atoms with Crippen LogP contribution in [0.5, 0.6) is 0 Å². The Morgan fingerprint density at radius 3 is 2.65 bits per heavy atom. The van der Waals surface area contributed by atoms with E-state index in [1.807, 2.05) is 0 Å². The summed E-state index contributed by atoms with van der Waals surface area (Å²) in [5, 5.41) is 12.6. The topological polar surface area (TPSA) is 32.3 Å². The van der Waals surface area contributed by atoms with Crippen molar-refractivity contribution in [3.63, 3.8) is 0 Å². The second-order valence-electron chi connectivity index (χ2n) is 5.47. The fourth-order valence-corrected chi connectivity index (χ4v) is 3.97. The van der Waals surface area contributed by atoms with Gasteiger partial charge in [-0.2, -0.15) is 0 Å². The number of aliphatic hydroxyl groups is 1. The first kappa shape index (κ1) is 11.2. The molecule has 0 saturated heterocycles. The van der Waals surface area contributed by atoms with Gasteiger partial charge in [-0.15, -0.1) is 0 Å². The smallest absolute Gasteiger partial charge is 0.0556 e. The Morgan fingerprint density at radius 1 is 1.12 bits per heavy atom. The molecule has 0 spiro atoms. The summed E-state index contributed by atoms with van der Waals surface area (Å²) in [6.07, 6.45) is 4.14. The van der Waals surface area contributed by atoms with Crippen LogP contribution in [0.3, 0.4) is 0 Å². The SMILES string of the molecule is OCCN[C@H]1[C@H]2CC[C@H](C2)[C@@H]1c1ccccc1. The van der Waals surface area contributed by atoms with Gasteiger partial charge in [0.1, 0.15) is 0 Å². The number of rotatable bonds is 4. The zero-order chi connectivity index (χ0) is 11.7. The average molecular weight is 231 g/mol. The minimum Gasteiger partial charge on any atom is -0.395 e. The van der Waals surface area contributed by atoms with Gasteiger partial charge >= 0.3 is 0 Å². The minimum absolute atomic E-state index is 0.245. The van der Waals surface area contributed by atoms with E-state index < -0.39 is 0 Å². The van der Waals surface area contributed by atoms with Gasteiger partial charge in [0, 0.05) is 18.5 Å². The summed E-state index contributed by atoms with van der Waals surface area (Å²) in [4.78, 5) is 0. The maximum atomic E-state index is 8.99. The van der Waals surface area contributed by atoms with Crippen molar-refractivity contribution in [1.29, 1.82) is 0 Å². The van der Waals surface area contributed by atoms with Crippen molar-refractivity contribution in [2.75, 3.05) is 13.2 Å². The van der Waals surface area contributed by atoms with Crippen molar-refractivity contribution in [2.45, 2.75) is 31.2 Å². The van der Waals surface area contributed by atoms with E-state index in [1.165, 1.54) is 24.8 Å². The largest absolute Gasteiger partial charge is 0.395 e. The normalized spacial score (nSPS) is 35.4. The quantitative estimate of drug-likeness (QED) is 0.832. The van der Waals surface area contributed by atoms with E-state index in [4.69, 9.17) is 5.11 Å². The molecule has 0 radical (unpaired) electrons. The van der Waals surface area contributed by atoms with E-state index in [0.717, 1.165) is 18.4 Å². The molecule has 0 aromatic heterocycles. The summed E-state index contributed by atoms with van der Waals surface area (Å²) in [5.41, 5.74) is 1.48. The second-order valence-corrected chi connectivity index (χ2v) is 5.47. The van der Waals surface area contributed by atoms with Gasteiger partial charge in [-0.05, 0) is 36.7 Å². The van der Waals surface area contributed by atoms with Gasteiger partial charge in [-0.1, -0.05) is 30.3 Å². The number of aliphatic hydroxyl groups excluding tert-OH is 1. The van der Waals surface area contributed by atoms with Gasteiger partial charge in [0.2, 0.25) is 0 Å². The highest BCUT2D eigenvalue weighted by atomic mass is 16.3. The maximum Gasteiger partial charge on any atom is 0.0556 e. The highest BCUT2D eigenvalue weighted by molar-refractivity contribution is 5.26. The Bertz CT molecular complexity index is 364. The Morgan fingerprint density at radius 2 is 1.88 bits per heavy atom. The molecule has 2 aliphatic carbocycles. The fourth-order valence-electron chi connectivity index (χ4n) is 3.97. The number of hydrogen-bond donors (Lipinski definition) is 2. The van der Waals surface area contributed by atoms with Crippen LogP contribution in [0.15, 0.2) is 30.3 Å². The lowest BCUT2D eigenvalue weighted by Crippen LogP contribution is -2.40. The van der Waals surface area contributed by atoms with Crippen LogP contribution in [-0.4, -0.2) is 24.3 Å². The van der Waals surface area contributed by atoms with E-state index in [9.17, 15) is 0 Å². The first-order valence-corrected chi connectivity index (χ1v) is 6.79. The summed E-state index contributed by atoms with van der Waals surface area (Å²) in [7, 11) is 0. The summed E-state index contributed by atoms with van der Waals surface area (Å²) >= 11 is 0. The Kier molecular flexibility index (Phi) is 3.17. The number of fused-ring (bicyclic) bond motifs is 2. The summed E-state index contributed by atoms with van der Waals surface area (Å²) in [6, 6.07) is 11.5. The molecule has 0 unspecified atom stereocenters.